The fraction of sp³-hybridized carbons (Fsp3) is 0.333. The van der Waals surface area contributed by atoms with Gasteiger partial charge in [0, 0.05) is 0 Å². The summed E-state index contributed by atoms with van der Waals surface area (Å²) in [7, 11) is 0. The number of allylic oxidation sites excluding steroid dienone is 2. The quantitative estimate of drug-likeness (QED) is 0.514. The first-order valence-electron chi connectivity index (χ1n) is 2.79. The van der Waals surface area contributed by atoms with Crippen LogP contribution in [0.4, 0.5) is 8.78 Å². The highest BCUT2D eigenvalue weighted by Crippen LogP contribution is 2.42. The third kappa shape index (κ3) is 0.558. The molecule has 2 aliphatic rings. The van der Waals surface area contributed by atoms with Crippen molar-refractivity contribution in [3.63, 3.8) is 0 Å². The van der Waals surface area contributed by atoms with E-state index in [0.717, 1.165) is 0 Å². The average Bonchev–Trinajstić information content (AvgIpc) is 1.86. The Bertz CT molecular complexity index is 220. The Morgan fingerprint density at radius 2 is 2.30 bits per heavy atom. The molecule has 1 saturated heterocycles. The number of hydrogen-bond donors (Lipinski definition) is 0. The summed E-state index contributed by atoms with van der Waals surface area (Å²) >= 11 is 0. The van der Waals surface area contributed by atoms with E-state index in [9.17, 15) is 8.78 Å². The van der Waals surface area contributed by atoms with Gasteiger partial charge in [-0.3, -0.25) is 0 Å². The summed E-state index contributed by atoms with van der Waals surface area (Å²) in [6.45, 7) is 0. The lowest BCUT2D eigenvalue weighted by atomic mass is 10.1. The molecule has 0 aromatic heterocycles. The van der Waals surface area contributed by atoms with Gasteiger partial charge in [0.2, 0.25) is 0 Å². The fourth-order valence-electron chi connectivity index (χ4n) is 0.897. The molecule has 2 nitrogen and oxygen atoms in total. The van der Waals surface area contributed by atoms with Gasteiger partial charge < -0.3 is 9.47 Å². The maximum Gasteiger partial charge on any atom is 0.443 e. The van der Waals surface area contributed by atoms with Crippen LogP contribution >= 0.6 is 0 Å². The van der Waals surface area contributed by atoms with Crippen molar-refractivity contribution < 1.29 is 18.3 Å². The number of hydrogen-bond acceptors (Lipinski definition) is 2. The molecule has 2 aliphatic heterocycles. The molecule has 1 fully saturated rings. The van der Waals surface area contributed by atoms with E-state index in [1.54, 1.807) is 0 Å². The maximum absolute atomic E-state index is 12.3. The second-order valence-corrected chi connectivity index (χ2v) is 2.08. The van der Waals surface area contributed by atoms with Crippen molar-refractivity contribution >= 4 is 0 Å². The van der Waals surface area contributed by atoms with Gasteiger partial charge in [-0.25, -0.2) is 0 Å². The van der Waals surface area contributed by atoms with Crippen LogP contribution in [0.1, 0.15) is 0 Å². The topological polar surface area (TPSA) is 18.5 Å². The molecule has 2 rings (SSSR count). The Morgan fingerprint density at radius 3 is 2.80 bits per heavy atom. The van der Waals surface area contributed by atoms with E-state index in [1.807, 2.05) is 0 Å². The predicted octanol–water partition coefficient (Wildman–Crippen LogP) is 1.41. The Balaban J connectivity index is 2.22. The van der Waals surface area contributed by atoms with E-state index in [4.69, 9.17) is 0 Å². The summed E-state index contributed by atoms with van der Waals surface area (Å²) in [5, 5.41) is 0. The van der Waals surface area contributed by atoms with Crippen LogP contribution in [0.5, 0.6) is 0 Å². The molecule has 1 atom stereocenters. The van der Waals surface area contributed by atoms with Crippen LogP contribution in [0.2, 0.25) is 0 Å². The maximum atomic E-state index is 12.3. The van der Waals surface area contributed by atoms with Crippen LogP contribution in [0, 0.1) is 0 Å². The smallest absolute Gasteiger partial charge is 0.443 e. The molecule has 0 aromatic rings. The minimum atomic E-state index is -3.13. The largest absolute Gasteiger partial charge is 0.479 e. The lowest BCUT2D eigenvalue weighted by Crippen LogP contribution is -2.50. The number of rotatable bonds is 0. The first kappa shape index (κ1) is 5.70. The van der Waals surface area contributed by atoms with Crippen LogP contribution in [0.3, 0.4) is 0 Å². The van der Waals surface area contributed by atoms with Gasteiger partial charge in [-0.2, -0.15) is 8.78 Å². The van der Waals surface area contributed by atoms with Crippen LogP contribution in [0.15, 0.2) is 24.2 Å². The molecule has 0 aromatic carbocycles. The van der Waals surface area contributed by atoms with E-state index in [0.29, 0.717) is 0 Å². The third-order valence-electron chi connectivity index (χ3n) is 1.37. The molecule has 2 heterocycles. The van der Waals surface area contributed by atoms with Crippen LogP contribution < -0.4 is 0 Å². The van der Waals surface area contributed by atoms with Gasteiger partial charge in [-0.15, -0.1) is 0 Å². The molecule has 54 valence electrons. The van der Waals surface area contributed by atoms with Crippen LogP contribution in [-0.2, 0) is 9.47 Å². The van der Waals surface area contributed by atoms with Crippen molar-refractivity contribution in [3.8, 4) is 0 Å². The summed E-state index contributed by atoms with van der Waals surface area (Å²) in [5.41, 5.74) is 0. The number of alkyl halides is 2. The first-order chi connectivity index (χ1) is 4.70. The monoisotopic (exact) mass is 146 g/mol. The molecule has 0 saturated carbocycles. The van der Waals surface area contributed by atoms with Gasteiger partial charge >= 0.3 is 6.11 Å². The zero-order chi connectivity index (χ0) is 7.19. The van der Waals surface area contributed by atoms with Gasteiger partial charge in [0.25, 0.3) is 6.10 Å². The standard InChI is InChI=1S/C6H4F2O2/c7-6(8)5-4(10-6)2-1-3-9-5/h1-3,5H. The predicted molar refractivity (Wildman–Crippen MR) is 28.1 cm³/mol. The van der Waals surface area contributed by atoms with E-state index in [1.165, 1.54) is 18.4 Å². The molecular weight excluding hydrogens is 142 g/mol. The number of ether oxygens (including phenoxy) is 2. The molecule has 0 bridgehead atoms. The average molecular weight is 146 g/mol. The summed E-state index contributed by atoms with van der Waals surface area (Å²) in [5.74, 6) is 0.201. The molecule has 0 spiro atoms. The summed E-state index contributed by atoms with van der Waals surface area (Å²) in [4.78, 5) is 0. The molecule has 10 heavy (non-hydrogen) atoms. The molecule has 1 unspecified atom stereocenters. The fourth-order valence-corrected chi connectivity index (χ4v) is 0.897. The lowest BCUT2D eigenvalue weighted by molar-refractivity contribution is -0.336. The van der Waals surface area contributed by atoms with Gasteiger partial charge in [-0.1, -0.05) is 0 Å². The SMILES string of the molecule is FC1(F)OC2=CC=COC21. The Kier molecular flexibility index (Phi) is 0.859. The molecule has 0 N–H and O–H groups in total. The Morgan fingerprint density at radius 1 is 1.50 bits per heavy atom. The molecule has 0 radical (unpaired) electrons. The van der Waals surface area contributed by atoms with Crippen molar-refractivity contribution in [2.45, 2.75) is 12.2 Å². The summed E-state index contributed by atoms with van der Waals surface area (Å²) in [6, 6.07) is 0. The van der Waals surface area contributed by atoms with Crippen molar-refractivity contribution in [2.24, 2.45) is 0 Å². The zero-order valence-corrected chi connectivity index (χ0v) is 4.88. The third-order valence-corrected chi connectivity index (χ3v) is 1.37. The van der Waals surface area contributed by atoms with Crippen LogP contribution in [-0.4, -0.2) is 12.2 Å². The molecule has 0 amide bonds. The number of halogens is 2. The minimum Gasteiger partial charge on any atom is -0.479 e. The van der Waals surface area contributed by atoms with Crippen LogP contribution in [0.25, 0.3) is 0 Å². The highest BCUT2D eigenvalue weighted by molar-refractivity contribution is 5.22. The van der Waals surface area contributed by atoms with E-state index in [-0.39, 0.29) is 5.76 Å². The van der Waals surface area contributed by atoms with Crippen molar-refractivity contribution in [1.82, 2.24) is 0 Å². The van der Waals surface area contributed by atoms with E-state index in [2.05, 4.69) is 9.47 Å². The molecular formula is C6H4F2O2. The van der Waals surface area contributed by atoms with Gasteiger partial charge in [0.15, 0.2) is 5.76 Å². The first-order valence-corrected chi connectivity index (χ1v) is 2.79. The van der Waals surface area contributed by atoms with Crippen molar-refractivity contribution in [1.29, 1.82) is 0 Å². The highest BCUT2D eigenvalue weighted by Gasteiger charge is 2.58. The lowest BCUT2D eigenvalue weighted by Gasteiger charge is -2.38. The van der Waals surface area contributed by atoms with Crippen molar-refractivity contribution in [3.05, 3.63) is 24.2 Å². The second kappa shape index (κ2) is 1.51. The van der Waals surface area contributed by atoms with E-state index < -0.39 is 12.2 Å². The van der Waals surface area contributed by atoms with Gasteiger partial charge in [0.05, 0.1) is 6.26 Å². The molecule has 4 heteroatoms. The van der Waals surface area contributed by atoms with E-state index >= 15 is 0 Å². The second-order valence-electron chi connectivity index (χ2n) is 2.08. The van der Waals surface area contributed by atoms with Gasteiger partial charge in [-0.05, 0) is 12.2 Å². The molecule has 0 aliphatic carbocycles. The normalized spacial score (nSPS) is 32.6. The highest BCUT2D eigenvalue weighted by atomic mass is 19.3. The summed E-state index contributed by atoms with van der Waals surface area (Å²) < 4.78 is 33.2. The minimum absolute atomic E-state index is 0.201. The Labute approximate surface area is 55.7 Å². The Hall–Kier alpha value is -1.06. The summed E-state index contributed by atoms with van der Waals surface area (Å²) in [6.07, 6.45) is -0.106. The number of fused-ring (bicyclic) bond motifs is 1. The van der Waals surface area contributed by atoms with Crippen molar-refractivity contribution in [2.75, 3.05) is 0 Å². The van der Waals surface area contributed by atoms with Gasteiger partial charge in [0.1, 0.15) is 0 Å². The zero-order valence-electron chi connectivity index (χ0n) is 4.88.